The molecule has 0 unspecified atom stereocenters. The van der Waals surface area contributed by atoms with Crippen molar-refractivity contribution in [3.63, 3.8) is 0 Å². The molecule has 2 aliphatic rings. The van der Waals surface area contributed by atoms with Gasteiger partial charge in [-0.3, -0.25) is 4.79 Å². The van der Waals surface area contributed by atoms with Crippen molar-refractivity contribution < 1.29 is 14.3 Å². The molecule has 188 valence electrons. The molecule has 0 spiro atoms. The average molecular weight is 488 g/mol. The van der Waals surface area contributed by atoms with Gasteiger partial charge in [-0.2, -0.15) is 5.10 Å². The van der Waals surface area contributed by atoms with E-state index in [0.717, 1.165) is 48.5 Å². The van der Waals surface area contributed by atoms with Gasteiger partial charge in [-0.15, -0.1) is 0 Å². The van der Waals surface area contributed by atoms with Crippen LogP contribution in [0.15, 0.2) is 54.6 Å². The van der Waals surface area contributed by atoms with Gasteiger partial charge in [0.1, 0.15) is 11.6 Å². The minimum absolute atomic E-state index is 0.0388. The summed E-state index contributed by atoms with van der Waals surface area (Å²) >= 11 is 0. The minimum Gasteiger partial charge on any atom is -0.496 e. The number of nitrogens with zero attached hydrogens (tertiary/aromatic N) is 4. The van der Waals surface area contributed by atoms with E-state index in [1.165, 1.54) is 0 Å². The predicted molar refractivity (Wildman–Crippen MR) is 139 cm³/mol. The zero-order chi connectivity index (χ0) is 25.1. The van der Waals surface area contributed by atoms with Crippen LogP contribution in [0.2, 0.25) is 0 Å². The number of rotatable bonds is 5. The van der Waals surface area contributed by atoms with Crippen molar-refractivity contribution in [1.82, 2.24) is 19.6 Å². The van der Waals surface area contributed by atoms with E-state index < -0.39 is 0 Å². The number of likely N-dealkylation sites (tertiary alicyclic amines) is 2. The molecule has 0 atom stereocenters. The van der Waals surface area contributed by atoms with E-state index in [0.29, 0.717) is 37.4 Å². The summed E-state index contributed by atoms with van der Waals surface area (Å²) in [7, 11) is 1.64. The molecule has 0 bridgehead atoms. The first-order chi connectivity index (χ1) is 17.5. The zero-order valence-corrected chi connectivity index (χ0v) is 20.9. The molecule has 8 nitrogen and oxygen atoms in total. The van der Waals surface area contributed by atoms with Gasteiger partial charge in [0.05, 0.1) is 18.5 Å². The fourth-order valence-electron chi connectivity index (χ4n) is 5.01. The van der Waals surface area contributed by atoms with Gasteiger partial charge in [0.2, 0.25) is 5.91 Å². The van der Waals surface area contributed by atoms with Gasteiger partial charge in [0.25, 0.3) is 0 Å². The number of benzene rings is 2. The molecule has 0 aliphatic carbocycles. The van der Waals surface area contributed by atoms with Gasteiger partial charge in [0.15, 0.2) is 0 Å². The third kappa shape index (κ3) is 4.94. The Hall–Kier alpha value is -3.81. The van der Waals surface area contributed by atoms with E-state index in [9.17, 15) is 9.59 Å². The van der Waals surface area contributed by atoms with Gasteiger partial charge in [-0.25, -0.2) is 9.48 Å². The maximum Gasteiger partial charge on any atom is 0.319 e. The van der Waals surface area contributed by atoms with E-state index in [1.807, 2.05) is 71.3 Å². The SMILES string of the molecule is COc1ccccc1-c1cc(NC(=O)C2CCN(C(=O)N3CCCC3)CC2)n(-c2ccc(C)cc2)n1. The number of anilines is 1. The third-order valence-electron chi connectivity index (χ3n) is 7.13. The summed E-state index contributed by atoms with van der Waals surface area (Å²) in [6.07, 6.45) is 3.47. The molecule has 2 aliphatic heterocycles. The Morgan fingerprint density at radius 2 is 1.61 bits per heavy atom. The van der Waals surface area contributed by atoms with Crippen LogP contribution in [-0.4, -0.2) is 64.8 Å². The maximum absolute atomic E-state index is 13.3. The lowest BCUT2D eigenvalue weighted by molar-refractivity contribution is -0.121. The zero-order valence-electron chi connectivity index (χ0n) is 20.9. The van der Waals surface area contributed by atoms with Crippen molar-refractivity contribution in [1.29, 1.82) is 0 Å². The fraction of sp³-hybridized carbons (Fsp3) is 0.393. The highest BCUT2D eigenvalue weighted by Crippen LogP contribution is 2.32. The maximum atomic E-state index is 13.3. The van der Waals surface area contributed by atoms with Crippen molar-refractivity contribution in [2.24, 2.45) is 5.92 Å². The van der Waals surface area contributed by atoms with Gasteiger partial charge in [-0.1, -0.05) is 29.8 Å². The van der Waals surface area contributed by atoms with Crippen LogP contribution in [0.4, 0.5) is 10.6 Å². The van der Waals surface area contributed by atoms with Gasteiger partial charge in [-0.05, 0) is 56.9 Å². The largest absolute Gasteiger partial charge is 0.496 e. The van der Waals surface area contributed by atoms with Crippen LogP contribution < -0.4 is 10.1 Å². The first-order valence-corrected chi connectivity index (χ1v) is 12.7. The van der Waals surface area contributed by atoms with Crippen molar-refractivity contribution in [2.45, 2.75) is 32.6 Å². The molecule has 8 heteroatoms. The summed E-state index contributed by atoms with van der Waals surface area (Å²) in [5.41, 5.74) is 3.59. The number of carbonyl (C=O) groups excluding carboxylic acids is 2. The molecule has 3 amide bonds. The van der Waals surface area contributed by atoms with Crippen molar-refractivity contribution in [2.75, 3.05) is 38.6 Å². The quantitative estimate of drug-likeness (QED) is 0.565. The predicted octanol–water partition coefficient (Wildman–Crippen LogP) is 4.72. The monoisotopic (exact) mass is 487 g/mol. The van der Waals surface area contributed by atoms with Crippen LogP contribution >= 0.6 is 0 Å². The molecule has 0 saturated carbocycles. The second kappa shape index (κ2) is 10.4. The Labute approximate surface area is 211 Å². The van der Waals surface area contributed by atoms with Crippen LogP contribution in [0.5, 0.6) is 5.75 Å². The lowest BCUT2D eigenvalue weighted by Crippen LogP contribution is -2.47. The summed E-state index contributed by atoms with van der Waals surface area (Å²) < 4.78 is 7.31. The molecule has 1 N–H and O–H groups in total. The molecule has 3 heterocycles. The van der Waals surface area contributed by atoms with Crippen molar-refractivity contribution in [3.05, 3.63) is 60.2 Å². The number of hydrogen-bond acceptors (Lipinski definition) is 4. The molecule has 2 saturated heterocycles. The van der Waals surface area contributed by atoms with Gasteiger partial charge >= 0.3 is 6.03 Å². The van der Waals surface area contributed by atoms with Crippen LogP contribution in [-0.2, 0) is 4.79 Å². The number of carbonyl (C=O) groups is 2. The van der Waals surface area contributed by atoms with Crippen LogP contribution in [0, 0.1) is 12.8 Å². The van der Waals surface area contributed by atoms with Crippen LogP contribution in [0.3, 0.4) is 0 Å². The summed E-state index contributed by atoms with van der Waals surface area (Å²) in [6.45, 7) is 4.94. The lowest BCUT2D eigenvalue weighted by atomic mass is 9.96. The highest BCUT2D eigenvalue weighted by atomic mass is 16.5. The number of amides is 3. The standard InChI is InChI=1S/C28H33N5O3/c1-20-9-11-22(12-10-20)33-26(19-24(30-33)23-7-3-4-8-25(23)36-2)29-27(34)21-13-17-32(18-14-21)28(35)31-15-5-6-16-31/h3-4,7-12,19,21H,5-6,13-18H2,1-2H3,(H,29,34). The topological polar surface area (TPSA) is 79.7 Å². The van der Waals surface area contributed by atoms with E-state index in [4.69, 9.17) is 9.84 Å². The Balaban J connectivity index is 1.34. The normalized spacial score (nSPS) is 16.3. The number of aromatic nitrogens is 2. The Morgan fingerprint density at radius 1 is 0.944 bits per heavy atom. The van der Waals surface area contributed by atoms with Gasteiger partial charge < -0.3 is 19.9 Å². The fourth-order valence-corrected chi connectivity index (χ4v) is 5.01. The van der Waals surface area contributed by atoms with Crippen molar-refractivity contribution >= 4 is 17.8 Å². The lowest BCUT2D eigenvalue weighted by Gasteiger charge is -2.34. The number of nitrogens with one attached hydrogen (secondary N) is 1. The molecule has 0 radical (unpaired) electrons. The number of hydrogen-bond donors (Lipinski definition) is 1. The summed E-state index contributed by atoms with van der Waals surface area (Å²) in [5.74, 6) is 1.14. The van der Waals surface area contributed by atoms with Crippen molar-refractivity contribution in [3.8, 4) is 22.7 Å². The number of para-hydroxylation sites is 1. The number of urea groups is 1. The number of piperidine rings is 1. The molecule has 2 fully saturated rings. The molecular weight excluding hydrogens is 454 g/mol. The average Bonchev–Trinajstić information content (AvgIpc) is 3.60. The first-order valence-electron chi connectivity index (χ1n) is 12.7. The molecule has 2 aromatic carbocycles. The second-order valence-corrected chi connectivity index (χ2v) is 9.59. The smallest absolute Gasteiger partial charge is 0.319 e. The van der Waals surface area contributed by atoms with Crippen LogP contribution in [0.1, 0.15) is 31.2 Å². The minimum atomic E-state index is -0.149. The number of methoxy groups -OCH3 is 1. The van der Waals surface area contributed by atoms with E-state index in [-0.39, 0.29) is 17.9 Å². The summed E-state index contributed by atoms with van der Waals surface area (Å²) in [4.78, 5) is 29.9. The molecule has 36 heavy (non-hydrogen) atoms. The number of aryl methyl sites for hydroxylation is 1. The first kappa shape index (κ1) is 23.9. The number of ether oxygens (including phenoxy) is 1. The van der Waals surface area contributed by atoms with E-state index in [2.05, 4.69) is 5.32 Å². The highest BCUT2D eigenvalue weighted by molar-refractivity contribution is 5.93. The molecule has 1 aromatic heterocycles. The third-order valence-corrected chi connectivity index (χ3v) is 7.13. The molecule has 5 rings (SSSR count). The second-order valence-electron chi connectivity index (χ2n) is 9.59. The summed E-state index contributed by atoms with van der Waals surface area (Å²) in [6, 6.07) is 17.8. The van der Waals surface area contributed by atoms with Crippen LogP contribution in [0.25, 0.3) is 16.9 Å². The Morgan fingerprint density at radius 3 is 2.31 bits per heavy atom. The Bertz CT molecular complexity index is 1220. The van der Waals surface area contributed by atoms with E-state index >= 15 is 0 Å². The molecular formula is C28H33N5O3. The molecule has 3 aromatic rings. The highest BCUT2D eigenvalue weighted by Gasteiger charge is 2.31. The Kier molecular flexibility index (Phi) is 6.93. The van der Waals surface area contributed by atoms with Gasteiger partial charge in [0, 0.05) is 43.7 Å². The van der Waals surface area contributed by atoms with E-state index in [1.54, 1.807) is 11.8 Å². The summed E-state index contributed by atoms with van der Waals surface area (Å²) in [5, 5.41) is 7.96.